The van der Waals surface area contributed by atoms with Gasteiger partial charge in [-0.15, -0.1) is 11.3 Å². The molecule has 0 saturated carbocycles. The molecule has 38 heavy (non-hydrogen) atoms. The summed E-state index contributed by atoms with van der Waals surface area (Å²) in [6.45, 7) is 5.41. The van der Waals surface area contributed by atoms with Crippen molar-refractivity contribution in [2.75, 3.05) is 19.7 Å². The molecule has 1 aliphatic rings. The van der Waals surface area contributed by atoms with Crippen LogP contribution in [0.25, 0.3) is 33.0 Å². The Morgan fingerprint density at radius 3 is 2.61 bits per heavy atom. The van der Waals surface area contributed by atoms with Crippen molar-refractivity contribution in [2.45, 2.75) is 38.8 Å². The molecule has 1 fully saturated rings. The van der Waals surface area contributed by atoms with Crippen molar-refractivity contribution in [1.82, 2.24) is 19.4 Å². The number of imidazole rings is 1. The lowest BCUT2D eigenvalue weighted by molar-refractivity contribution is 0.161. The normalized spacial score (nSPS) is 14.3. The number of benzene rings is 2. The molecule has 0 radical (unpaired) electrons. The van der Waals surface area contributed by atoms with Crippen molar-refractivity contribution < 1.29 is 9.47 Å². The second-order valence-corrected chi connectivity index (χ2v) is 10.7. The van der Waals surface area contributed by atoms with Crippen LogP contribution in [0.5, 0.6) is 11.5 Å². The number of aryl methyl sites for hydroxylation is 2. The fourth-order valence-electron chi connectivity index (χ4n) is 5.34. The van der Waals surface area contributed by atoms with E-state index in [1.165, 1.54) is 21.5 Å². The average molecular weight is 527 g/mol. The van der Waals surface area contributed by atoms with Crippen LogP contribution < -0.4 is 14.8 Å². The zero-order chi connectivity index (χ0) is 25.9. The summed E-state index contributed by atoms with van der Waals surface area (Å²) in [4.78, 5) is 5.18. The lowest BCUT2D eigenvalue weighted by Crippen LogP contribution is -2.34. The van der Waals surface area contributed by atoms with Gasteiger partial charge in [-0.3, -0.25) is 0 Å². The highest BCUT2D eigenvalue weighted by Gasteiger charge is 2.22. The van der Waals surface area contributed by atoms with Crippen LogP contribution >= 0.6 is 11.3 Å². The maximum absolute atomic E-state index is 6.29. The molecule has 1 N–H and O–H groups in total. The highest BCUT2D eigenvalue weighted by Crippen LogP contribution is 2.35. The third-order valence-corrected chi connectivity index (χ3v) is 8.15. The Hall–Kier alpha value is -3.55. The van der Waals surface area contributed by atoms with E-state index in [0.717, 1.165) is 61.1 Å². The van der Waals surface area contributed by atoms with Gasteiger partial charge < -0.3 is 23.9 Å². The number of thiophene rings is 1. The first kappa shape index (κ1) is 24.8. The zero-order valence-corrected chi connectivity index (χ0v) is 22.8. The van der Waals surface area contributed by atoms with Crippen molar-refractivity contribution in [3.8, 4) is 34.3 Å². The van der Waals surface area contributed by atoms with E-state index in [9.17, 15) is 0 Å². The monoisotopic (exact) mass is 526 g/mol. The van der Waals surface area contributed by atoms with Crippen LogP contribution in [0, 0.1) is 0 Å². The molecule has 0 unspecified atom stereocenters. The number of rotatable bonds is 9. The van der Waals surface area contributed by atoms with Crippen molar-refractivity contribution in [3.05, 3.63) is 77.8 Å². The fourth-order valence-corrected chi connectivity index (χ4v) is 6.19. The minimum Gasteiger partial charge on any atom is -0.492 e. The molecule has 1 aliphatic heterocycles. The van der Waals surface area contributed by atoms with Gasteiger partial charge in [0.05, 0.1) is 33.8 Å². The Balaban J connectivity index is 1.29. The summed E-state index contributed by atoms with van der Waals surface area (Å²) < 4.78 is 18.4. The van der Waals surface area contributed by atoms with Gasteiger partial charge in [-0.05, 0) is 62.0 Å². The molecular weight excluding hydrogens is 492 g/mol. The Morgan fingerprint density at radius 2 is 1.82 bits per heavy atom. The van der Waals surface area contributed by atoms with E-state index >= 15 is 0 Å². The van der Waals surface area contributed by atoms with Crippen LogP contribution in [0.4, 0.5) is 0 Å². The van der Waals surface area contributed by atoms with Gasteiger partial charge >= 0.3 is 0 Å². The van der Waals surface area contributed by atoms with Gasteiger partial charge in [0.15, 0.2) is 5.82 Å². The third-order valence-electron chi connectivity index (χ3n) is 7.29. The van der Waals surface area contributed by atoms with Crippen molar-refractivity contribution in [2.24, 2.45) is 7.05 Å². The lowest BCUT2D eigenvalue weighted by Gasteiger charge is -2.24. The number of piperidine rings is 1. The summed E-state index contributed by atoms with van der Waals surface area (Å²) in [5.41, 5.74) is 5.81. The van der Waals surface area contributed by atoms with E-state index in [-0.39, 0.29) is 6.10 Å². The molecule has 6 rings (SSSR count). The number of nitrogens with one attached hydrogen (secondary N) is 1. The molecule has 6 nitrogen and oxygen atoms in total. The topological polar surface area (TPSA) is 53.2 Å². The van der Waals surface area contributed by atoms with Crippen LogP contribution in [0.15, 0.2) is 72.1 Å². The smallest absolute Gasteiger partial charge is 0.157 e. The largest absolute Gasteiger partial charge is 0.492 e. The van der Waals surface area contributed by atoms with Crippen molar-refractivity contribution in [1.29, 1.82) is 0 Å². The fraction of sp³-hybridized carbons (Fsp3) is 0.323. The highest BCUT2D eigenvalue weighted by molar-refractivity contribution is 7.17. The van der Waals surface area contributed by atoms with Gasteiger partial charge in [0, 0.05) is 18.7 Å². The number of aromatic nitrogens is 3. The minimum absolute atomic E-state index is 0.265. The van der Waals surface area contributed by atoms with Crippen LogP contribution in [0.3, 0.4) is 0 Å². The molecule has 196 valence electrons. The van der Waals surface area contributed by atoms with Gasteiger partial charge in [0.25, 0.3) is 0 Å². The second kappa shape index (κ2) is 11.1. The molecule has 0 atom stereocenters. The first-order valence-corrected chi connectivity index (χ1v) is 14.4. The molecule has 0 spiro atoms. The van der Waals surface area contributed by atoms with E-state index in [0.29, 0.717) is 13.2 Å². The van der Waals surface area contributed by atoms with E-state index in [4.69, 9.17) is 14.5 Å². The number of nitrogens with zero attached hydrogens (tertiary/aromatic N) is 3. The number of hydrogen-bond acceptors (Lipinski definition) is 5. The van der Waals surface area contributed by atoms with E-state index in [2.05, 4.69) is 76.3 Å². The molecule has 0 amide bonds. The summed E-state index contributed by atoms with van der Waals surface area (Å²) in [6, 6.07) is 23.1. The molecule has 1 saturated heterocycles. The number of fused-ring (bicyclic) bond motifs is 1. The Kier molecular flexibility index (Phi) is 7.20. The van der Waals surface area contributed by atoms with Crippen LogP contribution in [0.1, 0.15) is 25.5 Å². The predicted octanol–water partition coefficient (Wildman–Crippen LogP) is 6.54. The van der Waals surface area contributed by atoms with E-state index in [1.807, 2.05) is 24.3 Å². The maximum atomic E-state index is 6.29. The van der Waals surface area contributed by atoms with Gasteiger partial charge in [0.2, 0.25) is 0 Å². The van der Waals surface area contributed by atoms with Gasteiger partial charge in [-0.25, -0.2) is 4.98 Å². The summed E-state index contributed by atoms with van der Waals surface area (Å²) in [5.74, 6) is 2.69. The predicted molar refractivity (Wildman–Crippen MR) is 155 cm³/mol. The van der Waals surface area contributed by atoms with Crippen LogP contribution in [-0.2, 0) is 20.0 Å². The molecule has 5 aromatic rings. The third kappa shape index (κ3) is 4.96. The van der Waals surface area contributed by atoms with E-state index in [1.54, 1.807) is 11.3 Å². The average Bonchev–Trinajstić information content (AvgIpc) is 3.64. The molecule has 7 heteroatoms. The highest BCUT2D eigenvalue weighted by atomic mass is 32.1. The number of ether oxygens (including phenoxy) is 2. The summed E-state index contributed by atoms with van der Waals surface area (Å²) in [6.07, 6.45) is 3.20. The molecule has 0 aliphatic carbocycles. The van der Waals surface area contributed by atoms with Gasteiger partial charge in [-0.1, -0.05) is 43.3 Å². The van der Waals surface area contributed by atoms with Crippen LogP contribution in [0.2, 0.25) is 0 Å². The van der Waals surface area contributed by atoms with Gasteiger partial charge in [0.1, 0.15) is 24.2 Å². The number of hydrogen-bond donors (Lipinski definition) is 1. The van der Waals surface area contributed by atoms with Crippen molar-refractivity contribution in [3.63, 3.8) is 0 Å². The van der Waals surface area contributed by atoms with Crippen LogP contribution in [-0.4, -0.2) is 39.9 Å². The zero-order valence-electron chi connectivity index (χ0n) is 22.0. The molecule has 4 heterocycles. The van der Waals surface area contributed by atoms with Gasteiger partial charge in [-0.2, -0.15) is 0 Å². The minimum atomic E-state index is 0.265. The maximum Gasteiger partial charge on any atom is 0.157 e. The lowest BCUT2D eigenvalue weighted by atomic mass is 10.1. The summed E-state index contributed by atoms with van der Waals surface area (Å²) >= 11 is 1.77. The molecular formula is C31H34N4O2S. The standard InChI is InChI=1S/C31H34N4O2S/c1-3-26-30(22-8-5-4-6-9-22)35(31(33-26)28-21-29-27(34(28)2)14-19-38-29)17-18-36-24-10-7-11-25(20-24)37-23-12-15-32-16-13-23/h4-11,14,19-21,23,32H,3,12-13,15-18H2,1-2H3. The molecule has 2 aromatic carbocycles. The first-order valence-electron chi connectivity index (χ1n) is 13.5. The molecule has 0 bridgehead atoms. The Labute approximate surface area is 227 Å². The Bertz CT molecular complexity index is 1510. The Morgan fingerprint density at radius 1 is 1.00 bits per heavy atom. The summed E-state index contributed by atoms with van der Waals surface area (Å²) in [5, 5.41) is 5.53. The van der Waals surface area contributed by atoms with E-state index < -0.39 is 0 Å². The quantitative estimate of drug-likeness (QED) is 0.237. The first-order chi connectivity index (χ1) is 18.7. The molecule has 3 aromatic heterocycles. The second-order valence-electron chi connectivity index (χ2n) is 9.75. The summed E-state index contributed by atoms with van der Waals surface area (Å²) in [7, 11) is 2.13. The SMILES string of the molecule is CCc1nc(-c2cc3sccc3n2C)n(CCOc2cccc(OC3CCNCC3)c2)c1-c1ccccc1. The van der Waals surface area contributed by atoms with Crippen molar-refractivity contribution >= 4 is 21.6 Å².